The van der Waals surface area contributed by atoms with E-state index in [9.17, 15) is 5.11 Å². The molecule has 2 N–H and O–H groups in total. The number of nitrogens with one attached hydrogen (secondary N) is 1. The van der Waals surface area contributed by atoms with Gasteiger partial charge in [-0.25, -0.2) is 0 Å². The molecule has 2 heteroatoms. The van der Waals surface area contributed by atoms with Crippen LogP contribution in [-0.4, -0.2) is 17.3 Å². The Bertz CT molecular complexity index is 462. The second-order valence-electron chi connectivity index (χ2n) is 7.91. The van der Waals surface area contributed by atoms with Gasteiger partial charge in [-0.1, -0.05) is 43.2 Å². The molecule has 0 heterocycles. The van der Waals surface area contributed by atoms with Gasteiger partial charge in [0.2, 0.25) is 0 Å². The first-order chi connectivity index (χ1) is 9.69. The van der Waals surface area contributed by atoms with Gasteiger partial charge in [-0.2, -0.15) is 0 Å². The van der Waals surface area contributed by atoms with E-state index in [1.54, 1.807) is 0 Å². The number of hydrogen-bond acceptors (Lipinski definition) is 2. The average molecular weight is 289 g/mol. The van der Waals surface area contributed by atoms with E-state index >= 15 is 0 Å². The van der Waals surface area contributed by atoms with Gasteiger partial charge in [0.05, 0.1) is 5.60 Å². The Balaban J connectivity index is 1.93. The van der Waals surface area contributed by atoms with Gasteiger partial charge < -0.3 is 10.4 Å². The Morgan fingerprint density at radius 1 is 1.05 bits per heavy atom. The fraction of sp³-hybridized carbons (Fsp3) is 0.684. The van der Waals surface area contributed by atoms with Crippen molar-refractivity contribution < 1.29 is 5.11 Å². The van der Waals surface area contributed by atoms with Crippen LogP contribution in [0.15, 0.2) is 18.2 Å². The van der Waals surface area contributed by atoms with E-state index in [0.717, 1.165) is 25.7 Å². The Hall–Kier alpha value is -0.860. The summed E-state index contributed by atoms with van der Waals surface area (Å²) < 4.78 is 0. The summed E-state index contributed by atoms with van der Waals surface area (Å²) in [4.78, 5) is 0. The minimum Gasteiger partial charge on any atom is -0.389 e. The molecule has 1 aromatic carbocycles. The third-order valence-electron chi connectivity index (χ3n) is 5.02. The quantitative estimate of drug-likeness (QED) is 0.867. The summed E-state index contributed by atoms with van der Waals surface area (Å²) in [5.74, 6) is 0. The molecule has 0 bridgehead atoms. The SMILES string of the molecule is Cc1cc(C)cc(C(C)NCC2(O)CCC(C)(C)CC2)c1. The highest BCUT2D eigenvalue weighted by Crippen LogP contribution is 2.40. The summed E-state index contributed by atoms with van der Waals surface area (Å²) >= 11 is 0. The highest BCUT2D eigenvalue weighted by atomic mass is 16.3. The van der Waals surface area contributed by atoms with Gasteiger partial charge in [0, 0.05) is 12.6 Å². The van der Waals surface area contributed by atoms with Crippen LogP contribution in [0.4, 0.5) is 0 Å². The molecule has 21 heavy (non-hydrogen) atoms. The number of rotatable bonds is 4. The predicted molar refractivity (Wildman–Crippen MR) is 89.5 cm³/mol. The molecule has 1 saturated carbocycles. The standard InChI is InChI=1S/C19H31NO/c1-14-10-15(2)12-17(11-14)16(3)20-13-19(21)8-6-18(4,5)7-9-19/h10-12,16,20-21H,6-9,13H2,1-5H3. The van der Waals surface area contributed by atoms with Crippen molar-refractivity contribution in [2.45, 2.75) is 71.9 Å². The zero-order valence-corrected chi connectivity index (χ0v) is 14.3. The zero-order valence-electron chi connectivity index (χ0n) is 14.3. The minimum absolute atomic E-state index is 0.280. The van der Waals surface area contributed by atoms with E-state index in [1.165, 1.54) is 16.7 Å². The first-order valence-corrected chi connectivity index (χ1v) is 8.23. The lowest BCUT2D eigenvalue weighted by atomic mass is 9.71. The number of hydrogen-bond donors (Lipinski definition) is 2. The largest absolute Gasteiger partial charge is 0.389 e. The van der Waals surface area contributed by atoms with Crippen LogP contribution in [0, 0.1) is 19.3 Å². The van der Waals surface area contributed by atoms with Crippen LogP contribution in [-0.2, 0) is 0 Å². The maximum atomic E-state index is 10.7. The van der Waals surface area contributed by atoms with Crippen molar-refractivity contribution >= 4 is 0 Å². The monoisotopic (exact) mass is 289 g/mol. The molecule has 2 nitrogen and oxygen atoms in total. The first-order valence-electron chi connectivity index (χ1n) is 8.23. The smallest absolute Gasteiger partial charge is 0.0772 e. The van der Waals surface area contributed by atoms with E-state index in [-0.39, 0.29) is 6.04 Å². The highest BCUT2D eigenvalue weighted by molar-refractivity contribution is 5.30. The summed E-state index contributed by atoms with van der Waals surface area (Å²) in [6.45, 7) is 11.8. The first kappa shape index (κ1) is 16.5. The van der Waals surface area contributed by atoms with Gasteiger partial charge in [-0.15, -0.1) is 0 Å². The van der Waals surface area contributed by atoms with Crippen LogP contribution in [0.25, 0.3) is 0 Å². The summed E-state index contributed by atoms with van der Waals surface area (Å²) in [5, 5.41) is 14.3. The molecular weight excluding hydrogens is 258 g/mol. The van der Waals surface area contributed by atoms with Crippen LogP contribution in [0.3, 0.4) is 0 Å². The van der Waals surface area contributed by atoms with E-state index in [0.29, 0.717) is 12.0 Å². The van der Waals surface area contributed by atoms with Crippen LogP contribution < -0.4 is 5.32 Å². The van der Waals surface area contributed by atoms with E-state index in [2.05, 4.69) is 58.1 Å². The molecule has 1 fully saturated rings. The molecule has 0 amide bonds. The van der Waals surface area contributed by atoms with Crippen LogP contribution >= 0.6 is 0 Å². The van der Waals surface area contributed by atoms with E-state index < -0.39 is 5.60 Å². The second kappa shape index (κ2) is 6.10. The van der Waals surface area contributed by atoms with Gasteiger partial charge >= 0.3 is 0 Å². The predicted octanol–water partition coefficient (Wildman–Crippen LogP) is 4.29. The van der Waals surface area contributed by atoms with E-state index in [1.807, 2.05) is 0 Å². The molecule has 1 aromatic rings. The van der Waals surface area contributed by atoms with Crippen LogP contribution in [0.2, 0.25) is 0 Å². The Kier molecular flexibility index (Phi) is 4.79. The summed E-state index contributed by atoms with van der Waals surface area (Å²) in [6.07, 6.45) is 4.05. The minimum atomic E-state index is -0.525. The van der Waals surface area contributed by atoms with Gasteiger partial charge in [-0.05, 0) is 57.4 Å². The molecule has 2 rings (SSSR count). The molecule has 1 atom stereocenters. The van der Waals surface area contributed by atoms with Gasteiger partial charge in [0.1, 0.15) is 0 Å². The van der Waals surface area contributed by atoms with Crippen molar-refractivity contribution in [1.29, 1.82) is 0 Å². The van der Waals surface area contributed by atoms with Gasteiger partial charge in [-0.3, -0.25) is 0 Å². The van der Waals surface area contributed by atoms with Crippen molar-refractivity contribution in [2.24, 2.45) is 5.41 Å². The molecule has 0 saturated heterocycles. The lowest BCUT2D eigenvalue weighted by molar-refractivity contribution is -0.0258. The van der Waals surface area contributed by atoms with E-state index in [4.69, 9.17) is 0 Å². The molecule has 0 radical (unpaired) electrons. The molecular formula is C19H31NO. The molecule has 1 aliphatic carbocycles. The van der Waals surface area contributed by atoms with Crippen molar-refractivity contribution in [3.63, 3.8) is 0 Å². The average Bonchev–Trinajstić information content (AvgIpc) is 2.39. The summed E-state index contributed by atoms with van der Waals surface area (Å²) in [5.41, 5.74) is 3.79. The Morgan fingerprint density at radius 2 is 1.57 bits per heavy atom. The highest BCUT2D eigenvalue weighted by Gasteiger charge is 2.36. The van der Waals surface area contributed by atoms with Crippen LogP contribution in [0.1, 0.15) is 69.2 Å². The Morgan fingerprint density at radius 3 is 2.10 bits per heavy atom. The number of aryl methyl sites for hydroxylation is 2. The molecule has 0 spiro atoms. The fourth-order valence-electron chi connectivity index (χ4n) is 3.29. The lowest BCUT2D eigenvalue weighted by Crippen LogP contribution is -2.45. The van der Waals surface area contributed by atoms with Crippen molar-refractivity contribution in [3.05, 3.63) is 34.9 Å². The van der Waals surface area contributed by atoms with Crippen LogP contribution in [0.5, 0.6) is 0 Å². The lowest BCUT2D eigenvalue weighted by Gasteiger charge is -2.40. The molecule has 1 aliphatic rings. The number of aliphatic hydroxyl groups is 1. The fourth-order valence-corrected chi connectivity index (χ4v) is 3.29. The third kappa shape index (κ3) is 4.55. The third-order valence-corrected chi connectivity index (χ3v) is 5.02. The van der Waals surface area contributed by atoms with Crippen molar-refractivity contribution in [3.8, 4) is 0 Å². The van der Waals surface area contributed by atoms with Gasteiger partial charge in [0.15, 0.2) is 0 Å². The molecule has 0 aliphatic heterocycles. The molecule has 1 unspecified atom stereocenters. The normalized spacial score (nSPS) is 22.0. The van der Waals surface area contributed by atoms with Gasteiger partial charge in [0.25, 0.3) is 0 Å². The van der Waals surface area contributed by atoms with Crippen molar-refractivity contribution in [1.82, 2.24) is 5.32 Å². The summed E-state index contributed by atoms with van der Waals surface area (Å²) in [6, 6.07) is 6.95. The molecule has 118 valence electrons. The van der Waals surface area contributed by atoms with Crippen molar-refractivity contribution in [2.75, 3.05) is 6.54 Å². The Labute approximate surface area is 130 Å². The maximum absolute atomic E-state index is 10.7. The second-order valence-corrected chi connectivity index (χ2v) is 7.91. The topological polar surface area (TPSA) is 32.3 Å². The zero-order chi connectivity index (χ0) is 15.7. The maximum Gasteiger partial charge on any atom is 0.0772 e. The number of benzene rings is 1. The molecule has 0 aromatic heterocycles. The summed E-state index contributed by atoms with van der Waals surface area (Å²) in [7, 11) is 0.